The number of nitrogens with zero attached hydrogens (tertiary/aromatic N) is 1. The summed E-state index contributed by atoms with van der Waals surface area (Å²) < 4.78 is 13.1. The molecule has 1 N–H and O–H groups in total. The fourth-order valence-corrected chi connectivity index (χ4v) is 1.72. The quantitative estimate of drug-likeness (QED) is 0.852. The van der Waals surface area contributed by atoms with Gasteiger partial charge in [0.15, 0.2) is 0 Å². The molecule has 0 amide bonds. The standard InChI is InChI=1S/C13H13FN2/c1-15-13(12-7-2-3-8-16-12)10-5-4-6-11(14)9-10/h2-9,13,15H,1H3/t13-/m1/s1. The van der Waals surface area contributed by atoms with Crippen LogP contribution >= 0.6 is 0 Å². The Labute approximate surface area is 94.2 Å². The number of aromatic nitrogens is 1. The fourth-order valence-electron chi connectivity index (χ4n) is 1.72. The summed E-state index contributed by atoms with van der Waals surface area (Å²) in [5, 5.41) is 3.13. The molecule has 82 valence electrons. The van der Waals surface area contributed by atoms with E-state index in [4.69, 9.17) is 0 Å². The minimum atomic E-state index is -0.228. The Balaban J connectivity index is 2.37. The third-order valence-electron chi connectivity index (χ3n) is 2.45. The Morgan fingerprint density at radius 3 is 2.69 bits per heavy atom. The second-order valence-corrected chi connectivity index (χ2v) is 3.53. The number of benzene rings is 1. The van der Waals surface area contributed by atoms with Crippen molar-refractivity contribution in [2.45, 2.75) is 6.04 Å². The molecule has 1 aromatic heterocycles. The summed E-state index contributed by atoms with van der Waals surface area (Å²) >= 11 is 0. The molecule has 0 aliphatic heterocycles. The number of pyridine rings is 1. The van der Waals surface area contributed by atoms with Crippen molar-refractivity contribution in [1.82, 2.24) is 10.3 Å². The predicted octanol–water partition coefficient (Wildman–Crippen LogP) is 2.53. The smallest absolute Gasteiger partial charge is 0.123 e. The number of rotatable bonds is 3. The average molecular weight is 216 g/mol. The van der Waals surface area contributed by atoms with Gasteiger partial charge in [-0.1, -0.05) is 18.2 Å². The van der Waals surface area contributed by atoms with E-state index < -0.39 is 0 Å². The molecule has 0 unspecified atom stereocenters. The Kier molecular flexibility index (Phi) is 3.27. The van der Waals surface area contributed by atoms with Crippen molar-refractivity contribution in [3.63, 3.8) is 0 Å². The molecule has 3 heteroatoms. The highest BCUT2D eigenvalue weighted by Gasteiger charge is 2.12. The highest BCUT2D eigenvalue weighted by molar-refractivity contribution is 5.27. The normalized spacial score (nSPS) is 12.4. The number of halogens is 1. The van der Waals surface area contributed by atoms with Gasteiger partial charge in [-0.05, 0) is 36.9 Å². The lowest BCUT2D eigenvalue weighted by atomic mass is 10.0. The van der Waals surface area contributed by atoms with Crippen LogP contribution in [0.15, 0.2) is 48.7 Å². The van der Waals surface area contributed by atoms with Crippen molar-refractivity contribution >= 4 is 0 Å². The van der Waals surface area contributed by atoms with Crippen LogP contribution in [0.1, 0.15) is 17.3 Å². The van der Waals surface area contributed by atoms with Gasteiger partial charge in [0, 0.05) is 6.20 Å². The molecule has 0 aliphatic rings. The first kappa shape index (κ1) is 10.8. The first-order valence-electron chi connectivity index (χ1n) is 5.15. The van der Waals surface area contributed by atoms with E-state index in [0.29, 0.717) is 0 Å². The van der Waals surface area contributed by atoms with Gasteiger partial charge in [0.2, 0.25) is 0 Å². The molecule has 0 saturated heterocycles. The monoisotopic (exact) mass is 216 g/mol. The van der Waals surface area contributed by atoms with Gasteiger partial charge < -0.3 is 5.32 Å². The van der Waals surface area contributed by atoms with Crippen LogP contribution in [-0.2, 0) is 0 Å². The molecule has 0 bridgehead atoms. The predicted molar refractivity (Wildman–Crippen MR) is 61.5 cm³/mol. The summed E-state index contributed by atoms with van der Waals surface area (Å²) in [5.74, 6) is -0.228. The van der Waals surface area contributed by atoms with Crippen LogP contribution in [-0.4, -0.2) is 12.0 Å². The van der Waals surface area contributed by atoms with Crippen molar-refractivity contribution in [2.24, 2.45) is 0 Å². The molecule has 2 nitrogen and oxygen atoms in total. The Bertz CT molecular complexity index is 456. The third kappa shape index (κ3) is 2.25. The van der Waals surface area contributed by atoms with Crippen LogP contribution in [0.25, 0.3) is 0 Å². The first-order valence-corrected chi connectivity index (χ1v) is 5.15. The fraction of sp³-hybridized carbons (Fsp3) is 0.154. The summed E-state index contributed by atoms with van der Waals surface area (Å²) in [4.78, 5) is 4.27. The van der Waals surface area contributed by atoms with Crippen molar-refractivity contribution in [3.05, 3.63) is 65.7 Å². The van der Waals surface area contributed by atoms with Gasteiger partial charge in [-0.25, -0.2) is 4.39 Å². The van der Waals surface area contributed by atoms with E-state index in [1.807, 2.05) is 31.3 Å². The minimum absolute atomic E-state index is 0.0723. The van der Waals surface area contributed by atoms with Gasteiger partial charge in [-0.2, -0.15) is 0 Å². The van der Waals surface area contributed by atoms with Gasteiger partial charge >= 0.3 is 0 Å². The summed E-state index contributed by atoms with van der Waals surface area (Å²) in [6.07, 6.45) is 1.74. The zero-order valence-electron chi connectivity index (χ0n) is 9.02. The summed E-state index contributed by atoms with van der Waals surface area (Å²) in [7, 11) is 1.84. The van der Waals surface area contributed by atoms with E-state index in [9.17, 15) is 4.39 Å². The summed E-state index contributed by atoms with van der Waals surface area (Å²) in [5.41, 5.74) is 1.76. The maximum Gasteiger partial charge on any atom is 0.123 e. The Morgan fingerprint density at radius 1 is 1.19 bits per heavy atom. The first-order chi connectivity index (χ1) is 7.81. The van der Waals surface area contributed by atoms with Crippen LogP contribution in [0.4, 0.5) is 4.39 Å². The third-order valence-corrected chi connectivity index (χ3v) is 2.45. The van der Waals surface area contributed by atoms with Crippen LogP contribution in [0.2, 0.25) is 0 Å². The van der Waals surface area contributed by atoms with Crippen molar-refractivity contribution < 1.29 is 4.39 Å². The van der Waals surface area contributed by atoms with Gasteiger partial charge in [0.25, 0.3) is 0 Å². The van der Waals surface area contributed by atoms with E-state index in [1.165, 1.54) is 12.1 Å². The summed E-state index contributed by atoms with van der Waals surface area (Å²) in [6, 6.07) is 12.2. The maximum atomic E-state index is 13.1. The zero-order chi connectivity index (χ0) is 11.4. The SMILES string of the molecule is CN[C@H](c1cccc(F)c1)c1ccccn1. The van der Waals surface area contributed by atoms with Gasteiger partial charge in [-0.15, -0.1) is 0 Å². The molecule has 2 aromatic rings. The Hall–Kier alpha value is -1.74. The molecule has 1 aromatic carbocycles. The largest absolute Gasteiger partial charge is 0.308 e. The van der Waals surface area contributed by atoms with Crippen molar-refractivity contribution in [3.8, 4) is 0 Å². The zero-order valence-corrected chi connectivity index (χ0v) is 9.02. The van der Waals surface area contributed by atoms with E-state index >= 15 is 0 Å². The van der Waals surface area contributed by atoms with Gasteiger partial charge in [0.1, 0.15) is 5.82 Å². The average Bonchev–Trinajstić information content (AvgIpc) is 2.31. The number of hydrogen-bond acceptors (Lipinski definition) is 2. The molecule has 0 aliphatic carbocycles. The van der Waals surface area contributed by atoms with E-state index in [0.717, 1.165) is 11.3 Å². The molecular formula is C13H13FN2. The molecule has 2 rings (SSSR count). The van der Waals surface area contributed by atoms with Gasteiger partial charge in [0.05, 0.1) is 11.7 Å². The molecular weight excluding hydrogens is 203 g/mol. The van der Waals surface area contributed by atoms with Crippen LogP contribution in [0.3, 0.4) is 0 Å². The maximum absolute atomic E-state index is 13.1. The van der Waals surface area contributed by atoms with Crippen molar-refractivity contribution in [1.29, 1.82) is 0 Å². The minimum Gasteiger partial charge on any atom is -0.308 e. The second-order valence-electron chi connectivity index (χ2n) is 3.53. The molecule has 1 heterocycles. The lowest BCUT2D eigenvalue weighted by Gasteiger charge is -2.15. The van der Waals surface area contributed by atoms with Crippen LogP contribution in [0.5, 0.6) is 0 Å². The number of nitrogens with one attached hydrogen (secondary N) is 1. The summed E-state index contributed by atoms with van der Waals surface area (Å²) in [6.45, 7) is 0. The topological polar surface area (TPSA) is 24.9 Å². The molecule has 16 heavy (non-hydrogen) atoms. The lowest BCUT2D eigenvalue weighted by molar-refractivity contribution is 0.614. The van der Waals surface area contributed by atoms with Gasteiger partial charge in [-0.3, -0.25) is 4.98 Å². The lowest BCUT2D eigenvalue weighted by Crippen LogP contribution is -2.18. The van der Waals surface area contributed by atoms with E-state index in [-0.39, 0.29) is 11.9 Å². The molecule has 0 fully saturated rings. The van der Waals surface area contributed by atoms with Crippen molar-refractivity contribution in [2.75, 3.05) is 7.05 Å². The number of hydrogen-bond donors (Lipinski definition) is 1. The Morgan fingerprint density at radius 2 is 2.06 bits per heavy atom. The van der Waals surface area contributed by atoms with Crippen LogP contribution in [0, 0.1) is 5.82 Å². The van der Waals surface area contributed by atoms with E-state index in [2.05, 4.69) is 10.3 Å². The molecule has 1 atom stereocenters. The second kappa shape index (κ2) is 4.86. The molecule has 0 saturated carbocycles. The van der Waals surface area contributed by atoms with Crippen LogP contribution < -0.4 is 5.32 Å². The van der Waals surface area contributed by atoms with E-state index in [1.54, 1.807) is 12.3 Å². The molecule has 0 radical (unpaired) electrons. The highest BCUT2D eigenvalue weighted by atomic mass is 19.1. The highest BCUT2D eigenvalue weighted by Crippen LogP contribution is 2.19. The molecule has 0 spiro atoms.